The summed E-state index contributed by atoms with van der Waals surface area (Å²) in [5, 5.41) is 7.34. The van der Waals surface area contributed by atoms with E-state index >= 15 is 0 Å². The summed E-state index contributed by atoms with van der Waals surface area (Å²) in [4.78, 5) is 15.1. The second-order valence-corrected chi connectivity index (χ2v) is 4.36. The first-order valence-corrected chi connectivity index (χ1v) is 6.57. The number of hydrogen-bond donors (Lipinski definition) is 2. The van der Waals surface area contributed by atoms with Crippen LogP contribution in [-0.2, 0) is 4.74 Å². The van der Waals surface area contributed by atoms with Gasteiger partial charge in [0.05, 0.1) is 12.8 Å². The SMILES string of the molecule is CCOC(=O)c1c(F)cnc(Oc2cccc(C(=N)N)c2)c1F. The van der Waals surface area contributed by atoms with Crippen molar-refractivity contribution in [1.29, 1.82) is 5.41 Å². The molecule has 2 rings (SSSR count). The Labute approximate surface area is 130 Å². The van der Waals surface area contributed by atoms with E-state index < -0.39 is 29.0 Å². The Balaban J connectivity index is 2.37. The molecule has 1 aromatic carbocycles. The number of esters is 1. The van der Waals surface area contributed by atoms with E-state index in [1.807, 2.05) is 0 Å². The normalized spacial score (nSPS) is 10.2. The lowest BCUT2D eigenvalue weighted by molar-refractivity contribution is 0.0514. The van der Waals surface area contributed by atoms with Crippen LogP contribution in [0.4, 0.5) is 8.78 Å². The summed E-state index contributed by atoms with van der Waals surface area (Å²) >= 11 is 0. The summed E-state index contributed by atoms with van der Waals surface area (Å²) in [6.45, 7) is 1.48. The number of nitrogen functional groups attached to an aromatic ring is 1. The van der Waals surface area contributed by atoms with Gasteiger partial charge in [-0.3, -0.25) is 5.41 Å². The van der Waals surface area contributed by atoms with Crippen molar-refractivity contribution in [1.82, 2.24) is 4.98 Å². The van der Waals surface area contributed by atoms with Crippen molar-refractivity contribution in [3.8, 4) is 11.6 Å². The molecular weight excluding hydrogens is 308 g/mol. The van der Waals surface area contributed by atoms with E-state index in [1.165, 1.54) is 19.1 Å². The average Bonchev–Trinajstić information content (AvgIpc) is 2.51. The van der Waals surface area contributed by atoms with Crippen LogP contribution in [0.25, 0.3) is 0 Å². The predicted octanol–water partition coefficient (Wildman–Crippen LogP) is 2.61. The van der Waals surface area contributed by atoms with Crippen LogP contribution in [0.2, 0.25) is 0 Å². The fraction of sp³-hybridized carbons (Fsp3) is 0.133. The lowest BCUT2D eigenvalue weighted by Crippen LogP contribution is -2.12. The van der Waals surface area contributed by atoms with Crippen molar-refractivity contribution in [2.45, 2.75) is 6.92 Å². The predicted molar refractivity (Wildman–Crippen MR) is 77.6 cm³/mol. The molecule has 0 saturated heterocycles. The van der Waals surface area contributed by atoms with E-state index in [2.05, 4.69) is 9.72 Å². The minimum atomic E-state index is -1.27. The number of carbonyl (C=O) groups is 1. The average molecular weight is 321 g/mol. The number of carbonyl (C=O) groups excluding carboxylic acids is 1. The first-order chi connectivity index (χ1) is 10.9. The number of ether oxygens (including phenoxy) is 2. The summed E-state index contributed by atoms with van der Waals surface area (Å²) < 4.78 is 37.7. The van der Waals surface area contributed by atoms with Crippen LogP contribution in [-0.4, -0.2) is 23.4 Å². The third kappa shape index (κ3) is 3.60. The van der Waals surface area contributed by atoms with Crippen LogP contribution in [0.15, 0.2) is 30.5 Å². The molecule has 0 atom stereocenters. The van der Waals surface area contributed by atoms with E-state index in [0.29, 0.717) is 11.8 Å². The Kier molecular flexibility index (Phi) is 4.85. The van der Waals surface area contributed by atoms with E-state index in [0.717, 1.165) is 0 Å². The third-order valence-electron chi connectivity index (χ3n) is 2.78. The van der Waals surface area contributed by atoms with Crippen molar-refractivity contribution >= 4 is 11.8 Å². The van der Waals surface area contributed by atoms with E-state index in [-0.39, 0.29) is 18.2 Å². The van der Waals surface area contributed by atoms with Crippen LogP contribution in [0, 0.1) is 17.0 Å². The Morgan fingerprint density at radius 3 is 2.78 bits per heavy atom. The maximum Gasteiger partial charge on any atom is 0.344 e. The van der Waals surface area contributed by atoms with Crippen LogP contribution >= 0.6 is 0 Å². The molecule has 0 fully saturated rings. The molecule has 0 amide bonds. The molecule has 23 heavy (non-hydrogen) atoms. The van der Waals surface area contributed by atoms with Gasteiger partial charge in [-0.2, -0.15) is 4.39 Å². The molecule has 1 aromatic heterocycles. The lowest BCUT2D eigenvalue weighted by atomic mass is 10.2. The van der Waals surface area contributed by atoms with Crippen molar-refractivity contribution in [3.05, 3.63) is 53.2 Å². The molecule has 0 spiro atoms. The van der Waals surface area contributed by atoms with Crippen LogP contribution in [0.1, 0.15) is 22.8 Å². The van der Waals surface area contributed by atoms with Crippen molar-refractivity contribution < 1.29 is 23.0 Å². The molecule has 0 saturated carbocycles. The fourth-order valence-electron chi connectivity index (χ4n) is 1.75. The van der Waals surface area contributed by atoms with Gasteiger partial charge in [0.1, 0.15) is 17.1 Å². The number of pyridine rings is 1. The zero-order valence-corrected chi connectivity index (χ0v) is 12.1. The number of benzene rings is 1. The smallest absolute Gasteiger partial charge is 0.344 e. The fourth-order valence-corrected chi connectivity index (χ4v) is 1.75. The molecule has 0 unspecified atom stereocenters. The highest BCUT2D eigenvalue weighted by molar-refractivity contribution is 5.95. The largest absolute Gasteiger partial charge is 0.462 e. The van der Waals surface area contributed by atoms with E-state index in [4.69, 9.17) is 15.9 Å². The van der Waals surface area contributed by atoms with Gasteiger partial charge in [0, 0.05) is 5.56 Å². The van der Waals surface area contributed by atoms with Gasteiger partial charge in [0.2, 0.25) is 5.82 Å². The molecule has 1 heterocycles. The number of aromatic nitrogens is 1. The Bertz CT molecular complexity index is 766. The molecule has 0 aliphatic carbocycles. The van der Waals surface area contributed by atoms with Crippen molar-refractivity contribution in [2.24, 2.45) is 5.73 Å². The van der Waals surface area contributed by atoms with Gasteiger partial charge in [-0.05, 0) is 19.1 Å². The molecule has 6 nitrogen and oxygen atoms in total. The minimum absolute atomic E-state index is 0.0309. The van der Waals surface area contributed by atoms with E-state index in [1.54, 1.807) is 12.1 Å². The second-order valence-electron chi connectivity index (χ2n) is 4.36. The van der Waals surface area contributed by atoms with Gasteiger partial charge in [-0.15, -0.1) is 0 Å². The first-order valence-electron chi connectivity index (χ1n) is 6.57. The number of nitrogens with one attached hydrogen (secondary N) is 1. The monoisotopic (exact) mass is 321 g/mol. The number of halogens is 2. The highest BCUT2D eigenvalue weighted by Crippen LogP contribution is 2.26. The zero-order chi connectivity index (χ0) is 17.0. The molecular formula is C15H13F2N3O3. The van der Waals surface area contributed by atoms with Crippen molar-refractivity contribution in [2.75, 3.05) is 6.61 Å². The van der Waals surface area contributed by atoms with Gasteiger partial charge in [0.15, 0.2) is 5.82 Å². The molecule has 0 radical (unpaired) electrons. The topological polar surface area (TPSA) is 98.3 Å². The van der Waals surface area contributed by atoms with E-state index in [9.17, 15) is 13.6 Å². The summed E-state index contributed by atoms with van der Waals surface area (Å²) in [5.41, 5.74) is 4.83. The molecule has 0 aliphatic heterocycles. The van der Waals surface area contributed by atoms with Gasteiger partial charge in [-0.1, -0.05) is 12.1 Å². The maximum absolute atomic E-state index is 14.3. The second kappa shape index (κ2) is 6.82. The van der Waals surface area contributed by atoms with Gasteiger partial charge in [-0.25, -0.2) is 14.2 Å². The number of nitrogens with two attached hydrogens (primary N) is 1. The Hall–Kier alpha value is -3.03. The standard InChI is InChI=1S/C15H13F2N3O3/c1-2-22-15(21)11-10(16)7-20-14(12(11)17)23-9-5-3-4-8(6-9)13(18)19/h3-7H,2H2,1H3,(H3,18,19). The number of rotatable bonds is 5. The molecule has 0 bridgehead atoms. The minimum Gasteiger partial charge on any atom is -0.462 e. The number of nitrogens with zero attached hydrogens (tertiary/aromatic N) is 1. The Morgan fingerprint density at radius 2 is 2.13 bits per heavy atom. The first kappa shape index (κ1) is 16.3. The summed E-state index contributed by atoms with van der Waals surface area (Å²) in [7, 11) is 0. The van der Waals surface area contributed by atoms with Crippen LogP contribution in [0.3, 0.4) is 0 Å². The van der Waals surface area contributed by atoms with Gasteiger partial charge in [0.25, 0.3) is 5.88 Å². The molecule has 3 N–H and O–H groups in total. The quantitative estimate of drug-likeness (QED) is 0.501. The summed E-state index contributed by atoms with van der Waals surface area (Å²) in [6, 6.07) is 5.96. The third-order valence-corrected chi connectivity index (χ3v) is 2.78. The highest BCUT2D eigenvalue weighted by Gasteiger charge is 2.24. The summed E-state index contributed by atoms with van der Waals surface area (Å²) in [5.74, 6) is -4.22. The molecule has 8 heteroatoms. The molecule has 0 aliphatic rings. The van der Waals surface area contributed by atoms with Crippen LogP contribution < -0.4 is 10.5 Å². The number of amidine groups is 1. The molecule has 2 aromatic rings. The van der Waals surface area contributed by atoms with Crippen LogP contribution in [0.5, 0.6) is 11.6 Å². The highest BCUT2D eigenvalue weighted by atomic mass is 19.1. The van der Waals surface area contributed by atoms with Crippen molar-refractivity contribution in [3.63, 3.8) is 0 Å². The number of hydrogen-bond acceptors (Lipinski definition) is 5. The Morgan fingerprint density at radius 1 is 1.39 bits per heavy atom. The van der Waals surface area contributed by atoms with Gasteiger partial charge < -0.3 is 15.2 Å². The maximum atomic E-state index is 14.3. The van der Waals surface area contributed by atoms with Gasteiger partial charge >= 0.3 is 5.97 Å². The summed E-state index contributed by atoms with van der Waals surface area (Å²) in [6.07, 6.45) is 0.666. The lowest BCUT2D eigenvalue weighted by Gasteiger charge is -2.10. The molecule has 120 valence electrons. The zero-order valence-electron chi connectivity index (χ0n) is 12.1.